The SMILES string of the molecule is C[C@@H](OC(=O)NCCNCCNCCNC(=O)O[C@H](C)OC(=O)C(C)(C)C)OC(=O)C(C)(C)C. The van der Waals surface area contributed by atoms with Crippen LogP contribution in [0.4, 0.5) is 9.59 Å². The van der Waals surface area contributed by atoms with Gasteiger partial charge in [0.25, 0.3) is 0 Å². The van der Waals surface area contributed by atoms with E-state index in [1.54, 1.807) is 41.5 Å². The Morgan fingerprint density at radius 2 is 0.853 bits per heavy atom. The summed E-state index contributed by atoms with van der Waals surface area (Å²) in [6.45, 7) is 16.2. The van der Waals surface area contributed by atoms with E-state index in [0.29, 0.717) is 39.3 Å². The van der Waals surface area contributed by atoms with Crippen LogP contribution in [0.5, 0.6) is 0 Å². The normalized spacial score (nSPS) is 13.3. The van der Waals surface area contributed by atoms with Crippen LogP contribution >= 0.6 is 0 Å². The summed E-state index contributed by atoms with van der Waals surface area (Å²) in [5, 5.41) is 11.4. The number of carbonyl (C=O) groups excluding carboxylic acids is 4. The number of carbonyl (C=O) groups is 4. The van der Waals surface area contributed by atoms with Crippen molar-refractivity contribution in [2.24, 2.45) is 10.8 Å². The van der Waals surface area contributed by atoms with Gasteiger partial charge in [0.2, 0.25) is 12.6 Å². The van der Waals surface area contributed by atoms with E-state index in [1.165, 1.54) is 13.8 Å². The van der Waals surface area contributed by atoms with Crippen molar-refractivity contribution in [2.75, 3.05) is 39.3 Å². The number of rotatable bonds is 13. The van der Waals surface area contributed by atoms with Crippen molar-refractivity contribution >= 4 is 24.1 Å². The highest BCUT2D eigenvalue weighted by Gasteiger charge is 2.27. The number of hydrogen-bond donors (Lipinski definition) is 4. The van der Waals surface area contributed by atoms with E-state index >= 15 is 0 Å². The molecule has 198 valence electrons. The van der Waals surface area contributed by atoms with Gasteiger partial charge in [-0.1, -0.05) is 0 Å². The van der Waals surface area contributed by atoms with Crippen molar-refractivity contribution in [2.45, 2.75) is 68.0 Å². The fourth-order valence-electron chi connectivity index (χ4n) is 2.02. The van der Waals surface area contributed by atoms with Crippen LogP contribution in [0.25, 0.3) is 0 Å². The summed E-state index contributed by atoms with van der Waals surface area (Å²) in [7, 11) is 0. The Hall–Kier alpha value is -2.60. The molecule has 4 N–H and O–H groups in total. The first-order valence-electron chi connectivity index (χ1n) is 11.4. The van der Waals surface area contributed by atoms with Gasteiger partial charge in [-0.15, -0.1) is 0 Å². The Balaban J connectivity index is 3.68. The van der Waals surface area contributed by atoms with Crippen LogP contribution in [0.3, 0.4) is 0 Å². The lowest BCUT2D eigenvalue weighted by atomic mass is 9.97. The molecule has 12 nitrogen and oxygen atoms in total. The van der Waals surface area contributed by atoms with Crippen LogP contribution in [-0.4, -0.2) is 76.0 Å². The topological polar surface area (TPSA) is 153 Å². The van der Waals surface area contributed by atoms with Crippen molar-refractivity contribution in [1.29, 1.82) is 0 Å². The molecule has 2 atom stereocenters. The Morgan fingerprint density at radius 1 is 0.559 bits per heavy atom. The highest BCUT2D eigenvalue weighted by atomic mass is 16.7. The van der Waals surface area contributed by atoms with Crippen molar-refractivity contribution in [3.8, 4) is 0 Å². The van der Waals surface area contributed by atoms with E-state index in [9.17, 15) is 19.2 Å². The van der Waals surface area contributed by atoms with Crippen molar-refractivity contribution in [3.05, 3.63) is 0 Å². The summed E-state index contributed by atoms with van der Waals surface area (Å²) in [6.07, 6.45) is -3.29. The maximum Gasteiger partial charge on any atom is 0.410 e. The first-order valence-corrected chi connectivity index (χ1v) is 11.4. The minimum Gasteiger partial charge on any atom is -0.425 e. The summed E-state index contributed by atoms with van der Waals surface area (Å²) in [6, 6.07) is 0. The summed E-state index contributed by atoms with van der Waals surface area (Å²) in [4.78, 5) is 46.8. The fraction of sp³-hybridized carbons (Fsp3) is 0.818. The maximum absolute atomic E-state index is 11.7. The molecule has 0 aliphatic carbocycles. The van der Waals surface area contributed by atoms with Gasteiger partial charge in [0.05, 0.1) is 10.8 Å². The summed E-state index contributed by atoms with van der Waals surface area (Å²) < 4.78 is 20.0. The Kier molecular flexibility index (Phi) is 14.2. The van der Waals surface area contributed by atoms with Crippen LogP contribution < -0.4 is 21.3 Å². The summed E-state index contributed by atoms with van der Waals surface area (Å²) in [5.41, 5.74) is -1.35. The monoisotopic (exact) mass is 490 g/mol. The van der Waals surface area contributed by atoms with Crippen LogP contribution in [0.1, 0.15) is 55.4 Å². The van der Waals surface area contributed by atoms with Gasteiger partial charge in [0.1, 0.15) is 0 Å². The maximum atomic E-state index is 11.7. The van der Waals surface area contributed by atoms with E-state index < -0.39 is 47.5 Å². The van der Waals surface area contributed by atoms with Crippen molar-refractivity contribution in [1.82, 2.24) is 21.3 Å². The van der Waals surface area contributed by atoms with Gasteiger partial charge in [-0.2, -0.15) is 0 Å². The first kappa shape index (κ1) is 31.4. The molecule has 0 radical (unpaired) electrons. The molecular formula is C22H42N4O8. The van der Waals surface area contributed by atoms with Crippen LogP contribution in [0.15, 0.2) is 0 Å². The van der Waals surface area contributed by atoms with E-state index in [4.69, 9.17) is 18.9 Å². The van der Waals surface area contributed by atoms with Gasteiger partial charge >= 0.3 is 24.1 Å². The van der Waals surface area contributed by atoms with Crippen LogP contribution in [0, 0.1) is 10.8 Å². The number of alkyl carbamates (subject to hydrolysis) is 2. The molecule has 0 saturated carbocycles. The predicted octanol–water partition coefficient (Wildman–Crippen LogP) is 1.49. The quantitative estimate of drug-likeness (QED) is 0.170. The molecule has 0 bridgehead atoms. The Labute approximate surface area is 202 Å². The highest BCUT2D eigenvalue weighted by Crippen LogP contribution is 2.17. The lowest BCUT2D eigenvalue weighted by Crippen LogP contribution is -2.39. The third-order valence-corrected chi connectivity index (χ3v) is 3.94. The minimum absolute atomic E-state index is 0.337. The van der Waals surface area contributed by atoms with Gasteiger partial charge in [-0.25, -0.2) is 9.59 Å². The first-order chi connectivity index (χ1) is 15.6. The minimum atomic E-state index is -0.975. The molecule has 0 aromatic rings. The molecule has 0 aliphatic heterocycles. The molecule has 0 aromatic heterocycles. The third kappa shape index (κ3) is 16.1. The number of hydrogen-bond acceptors (Lipinski definition) is 10. The second-order valence-electron chi connectivity index (χ2n) is 9.61. The lowest BCUT2D eigenvalue weighted by molar-refractivity contribution is -0.175. The van der Waals surface area contributed by atoms with Gasteiger partial charge < -0.3 is 40.2 Å². The fourth-order valence-corrected chi connectivity index (χ4v) is 2.02. The van der Waals surface area contributed by atoms with E-state index in [-0.39, 0.29) is 0 Å². The molecule has 12 heteroatoms. The number of esters is 2. The number of ether oxygens (including phenoxy) is 4. The Bertz CT molecular complexity index is 602. The largest absolute Gasteiger partial charge is 0.425 e. The molecule has 0 heterocycles. The second-order valence-corrected chi connectivity index (χ2v) is 9.61. The second kappa shape index (κ2) is 15.3. The number of nitrogens with one attached hydrogen (secondary N) is 4. The zero-order chi connectivity index (χ0) is 26.4. The predicted molar refractivity (Wildman–Crippen MR) is 125 cm³/mol. The van der Waals surface area contributed by atoms with E-state index in [2.05, 4.69) is 21.3 Å². The molecule has 0 fully saturated rings. The zero-order valence-corrected chi connectivity index (χ0v) is 21.7. The van der Waals surface area contributed by atoms with Gasteiger partial charge in [-0.3, -0.25) is 9.59 Å². The highest BCUT2D eigenvalue weighted by molar-refractivity contribution is 5.76. The smallest absolute Gasteiger partial charge is 0.410 e. The lowest BCUT2D eigenvalue weighted by Gasteiger charge is -2.20. The molecular weight excluding hydrogens is 448 g/mol. The van der Waals surface area contributed by atoms with E-state index in [0.717, 1.165) is 0 Å². The zero-order valence-electron chi connectivity index (χ0n) is 21.7. The van der Waals surface area contributed by atoms with Gasteiger partial charge in [0.15, 0.2) is 0 Å². The van der Waals surface area contributed by atoms with Crippen molar-refractivity contribution < 1.29 is 38.1 Å². The number of amides is 2. The van der Waals surface area contributed by atoms with E-state index in [1.807, 2.05) is 0 Å². The molecule has 2 amide bonds. The summed E-state index contributed by atoms with van der Waals surface area (Å²) in [5.74, 6) is -0.907. The standard InChI is InChI=1S/C22H42N4O8/c1-15(31-17(27)21(3,4)5)33-19(29)25-13-11-23-9-10-24-12-14-26-20(30)34-16(2)32-18(28)22(6,7)8/h15-16,23-24H,9-14H2,1-8H3,(H,25,29)(H,26,30)/t15-,16-/m1/s1. The average molecular weight is 491 g/mol. The summed E-state index contributed by atoms with van der Waals surface area (Å²) >= 11 is 0. The Morgan fingerprint density at radius 3 is 1.15 bits per heavy atom. The molecule has 0 unspecified atom stereocenters. The average Bonchev–Trinajstić information content (AvgIpc) is 2.67. The molecule has 0 aromatic carbocycles. The van der Waals surface area contributed by atoms with Crippen LogP contribution in [-0.2, 0) is 28.5 Å². The third-order valence-electron chi connectivity index (χ3n) is 3.94. The molecule has 0 rings (SSSR count). The van der Waals surface area contributed by atoms with Crippen LogP contribution in [0.2, 0.25) is 0 Å². The molecule has 0 saturated heterocycles. The molecule has 0 aliphatic rings. The van der Waals surface area contributed by atoms with Gasteiger partial charge in [0, 0.05) is 53.1 Å². The van der Waals surface area contributed by atoms with Crippen molar-refractivity contribution in [3.63, 3.8) is 0 Å². The van der Waals surface area contributed by atoms with Gasteiger partial charge in [-0.05, 0) is 41.5 Å². The molecule has 0 spiro atoms. The molecule has 34 heavy (non-hydrogen) atoms.